The first kappa shape index (κ1) is 35.7. The fourth-order valence-electron chi connectivity index (χ4n) is 9.51. The van der Waals surface area contributed by atoms with Gasteiger partial charge in [-0.2, -0.15) is 0 Å². The Labute approximate surface area is 360 Å². The lowest BCUT2D eigenvalue weighted by Gasteiger charge is -2.30. The summed E-state index contributed by atoms with van der Waals surface area (Å²) >= 11 is 0. The van der Waals surface area contributed by atoms with Crippen LogP contribution in [0.15, 0.2) is 241 Å². The fourth-order valence-corrected chi connectivity index (χ4v) is 9.51. The van der Waals surface area contributed by atoms with Crippen LogP contribution in [-0.2, 0) is 0 Å². The van der Waals surface area contributed by atoms with Gasteiger partial charge in [-0.15, -0.1) is 0 Å². The Hall–Kier alpha value is -8.20. The molecule has 0 radical (unpaired) electrons. The third kappa shape index (κ3) is 5.96. The number of anilines is 3. The second-order valence-corrected chi connectivity index (χ2v) is 16.0. The van der Waals surface area contributed by atoms with Crippen LogP contribution in [-0.4, -0.2) is 0 Å². The Morgan fingerprint density at radius 1 is 0.242 bits per heavy atom. The van der Waals surface area contributed by atoms with E-state index in [4.69, 9.17) is 4.42 Å². The Morgan fingerprint density at radius 3 is 1.50 bits per heavy atom. The zero-order valence-electron chi connectivity index (χ0n) is 33.9. The van der Waals surface area contributed by atoms with E-state index in [0.29, 0.717) is 0 Å². The molecule has 1 aromatic heterocycles. The van der Waals surface area contributed by atoms with Crippen LogP contribution >= 0.6 is 0 Å². The standard InChI is InChI=1S/C60H39NO/c1-2-14-40(15-3-1)41-28-30-45(31-29-41)49-19-8-10-26-57(49)61(46-36-32-44(33-37-46)48-22-12-23-51-47-18-6-4-16-42(47)34-38-52(48)51)58-27-11-9-21-53(58)54-24-13-25-55-56-39-35-43-17-5-7-20-50(43)59(56)62-60(54)55/h1-39H. The van der Waals surface area contributed by atoms with Crippen molar-refractivity contribution in [1.82, 2.24) is 0 Å². The summed E-state index contributed by atoms with van der Waals surface area (Å²) in [5.41, 5.74) is 14.2. The first-order chi connectivity index (χ1) is 30.8. The van der Waals surface area contributed by atoms with E-state index < -0.39 is 0 Å². The van der Waals surface area contributed by atoms with Crippen LogP contribution in [0.4, 0.5) is 17.1 Å². The fraction of sp³-hybridized carbons (Fsp3) is 0. The van der Waals surface area contributed by atoms with Gasteiger partial charge in [0, 0.05) is 38.5 Å². The SMILES string of the molecule is c1ccc(-c2ccc(-c3ccccc3N(c3ccc(-c4cccc5c4ccc4ccccc45)cc3)c3ccccc3-c3cccc4c3oc3c5ccccc5ccc43)cc2)cc1. The summed E-state index contributed by atoms with van der Waals surface area (Å²) in [6.45, 7) is 0. The summed E-state index contributed by atoms with van der Waals surface area (Å²) < 4.78 is 6.95. The van der Waals surface area contributed by atoms with Gasteiger partial charge >= 0.3 is 0 Å². The average Bonchev–Trinajstić information content (AvgIpc) is 3.75. The summed E-state index contributed by atoms with van der Waals surface area (Å²) in [7, 11) is 0. The summed E-state index contributed by atoms with van der Waals surface area (Å²) in [6, 6.07) is 85.4. The predicted molar refractivity (Wildman–Crippen MR) is 263 cm³/mol. The Kier molecular flexibility index (Phi) is 8.53. The number of nitrogens with zero attached hydrogens (tertiary/aromatic N) is 1. The molecule has 0 unspecified atom stereocenters. The highest BCUT2D eigenvalue weighted by Crippen LogP contribution is 2.48. The van der Waals surface area contributed by atoms with Gasteiger partial charge in [0.1, 0.15) is 11.2 Å². The molecule has 11 aromatic carbocycles. The van der Waals surface area contributed by atoms with Crippen LogP contribution in [0.5, 0.6) is 0 Å². The predicted octanol–water partition coefficient (Wildman–Crippen LogP) is 17.2. The number of hydrogen-bond acceptors (Lipinski definition) is 2. The molecule has 0 saturated carbocycles. The minimum Gasteiger partial charge on any atom is -0.455 e. The molecule has 12 rings (SSSR count). The van der Waals surface area contributed by atoms with Gasteiger partial charge in [0.05, 0.1) is 11.4 Å². The lowest BCUT2D eigenvalue weighted by atomic mass is 9.94. The van der Waals surface area contributed by atoms with E-state index in [1.807, 2.05) is 0 Å². The van der Waals surface area contributed by atoms with E-state index in [0.717, 1.165) is 66.6 Å². The average molecular weight is 790 g/mol. The van der Waals surface area contributed by atoms with Crippen LogP contribution in [0.3, 0.4) is 0 Å². The maximum Gasteiger partial charge on any atom is 0.143 e. The minimum atomic E-state index is 0.884. The normalized spacial score (nSPS) is 11.5. The van der Waals surface area contributed by atoms with Gasteiger partial charge in [-0.25, -0.2) is 0 Å². The summed E-state index contributed by atoms with van der Waals surface area (Å²) in [6.07, 6.45) is 0. The van der Waals surface area contributed by atoms with Gasteiger partial charge in [-0.3, -0.25) is 0 Å². The van der Waals surface area contributed by atoms with Crippen LogP contribution in [0.25, 0.3) is 98.8 Å². The van der Waals surface area contributed by atoms with Crippen molar-refractivity contribution in [1.29, 1.82) is 0 Å². The lowest BCUT2D eigenvalue weighted by molar-refractivity contribution is 0.674. The van der Waals surface area contributed by atoms with Crippen molar-refractivity contribution >= 4 is 71.3 Å². The number of benzene rings is 11. The molecular weight excluding hydrogens is 751 g/mol. The molecule has 0 saturated heterocycles. The summed E-state index contributed by atoms with van der Waals surface area (Å²) in [4.78, 5) is 2.42. The molecular formula is C60H39NO. The molecule has 0 spiro atoms. The van der Waals surface area contributed by atoms with Crippen molar-refractivity contribution in [3.05, 3.63) is 237 Å². The maximum atomic E-state index is 6.95. The molecule has 0 atom stereocenters. The summed E-state index contributed by atoms with van der Waals surface area (Å²) in [5.74, 6) is 0. The molecule has 62 heavy (non-hydrogen) atoms. The number of furan rings is 1. The Bertz CT molecular complexity index is 3620. The quantitative estimate of drug-likeness (QED) is 0.150. The maximum absolute atomic E-state index is 6.95. The van der Waals surface area contributed by atoms with Crippen LogP contribution in [0.2, 0.25) is 0 Å². The molecule has 0 aliphatic rings. The van der Waals surface area contributed by atoms with E-state index in [1.54, 1.807) is 0 Å². The van der Waals surface area contributed by atoms with Crippen molar-refractivity contribution in [2.75, 3.05) is 4.90 Å². The lowest BCUT2D eigenvalue weighted by Crippen LogP contribution is -2.12. The summed E-state index contributed by atoms with van der Waals surface area (Å²) in [5, 5.41) is 9.55. The van der Waals surface area contributed by atoms with Gasteiger partial charge < -0.3 is 9.32 Å². The zero-order chi connectivity index (χ0) is 41.0. The van der Waals surface area contributed by atoms with Crippen LogP contribution in [0, 0.1) is 0 Å². The van der Waals surface area contributed by atoms with Gasteiger partial charge in [-0.1, -0.05) is 206 Å². The Balaban J connectivity index is 1.05. The van der Waals surface area contributed by atoms with E-state index >= 15 is 0 Å². The van der Waals surface area contributed by atoms with Crippen molar-refractivity contribution in [3.8, 4) is 44.5 Å². The first-order valence-electron chi connectivity index (χ1n) is 21.3. The molecule has 0 aliphatic carbocycles. The highest BCUT2D eigenvalue weighted by molar-refractivity contribution is 6.18. The Morgan fingerprint density at radius 2 is 0.726 bits per heavy atom. The largest absolute Gasteiger partial charge is 0.455 e. The molecule has 2 heteroatoms. The van der Waals surface area contributed by atoms with E-state index in [2.05, 4.69) is 241 Å². The second kappa shape index (κ2) is 14.8. The number of rotatable bonds is 7. The van der Waals surface area contributed by atoms with Gasteiger partial charge in [0.2, 0.25) is 0 Å². The van der Waals surface area contributed by atoms with Gasteiger partial charge in [0.15, 0.2) is 0 Å². The smallest absolute Gasteiger partial charge is 0.143 e. The molecule has 0 amide bonds. The number of hydrogen-bond donors (Lipinski definition) is 0. The molecule has 12 aromatic rings. The highest BCUT2D eigenvalue weighted by atomic mass is 16.3. The van der Waals surface area contributed by atoms with Crippen LogP contribution in [0.1, 0.15) is 0 Å². The first-order valence-corrected chi connectivity index (χ1v) is 21.3. The van der Waals surface area contributed by atoms with Gasteiger partial charge in [0.25, 0.3) is 0 Å². The zero-order valence-corrected chi connectivity index (χ0v) is 33.9. The van der Waals surface area contributed by atoms with Crippen molar-refractivity contribution in [3.63, 3.8) is 0 Å². The third-order valence-corrected chi connectivity index (χ3v) is 12.5. The topological polar surface area (TPSA) is 16.4 Å². The molecule has 2 nitrogen and oxygen atoms in total. The highest BCUT2D eigenvalue weighted by Gasteiger charge is 2.23. The van der Waals surface area contributed by atoms with Crippen molar-refractivity contribution < 1.29 is 4.42 Å². The molecule has 0 N–H and O–H groups in total. The third-order valence-electron chi connectivity index (χ3n) is 12.5. The van der Waals surface area contributed by atoms with Crippen molar-refractivity contribution in [2.45, 2.75) is 0 Å². The van der Waals surface area contributed by atoms with E-state index in [1.165, 1.54) is 49.2 Å². The van der Waals surface area contributed by atoms with Crippen molar-refractivity contribution in [2.24, 2.45) is 0 Å². The van der Waals surface area contributed by atoms with E-state index in [9.17, 15) is 0 Å². The molecule has 0 bridgehead atoms. The molecule has 290 valence electrons. The molecule has 1 heterocycles. The molecule has 0 aliphatic heterocycles. The van der Waals surface area contributed by atoms with E-state index in [-0.39, 0.29) is 0 Å². The number of para-hydroxylation sites is 3. The number of fused-ring (bicyclic) bond motifs is 8. The minimum absolute atomic E-state index is 0.884. The molecule has 0 fully saturated rings. The van der Waals surface area contributed by atoms with Crippen LogP contribution < -0.4 is 4.90 Å². The van der Waals surface area contributed by atoms with Gasteiger partial charge in [-0.05, 0) is 85.1 Å². The monoisotopic (exact) mass is 789 g/mol. The second-order valence-electron chi connectivity index (χ2n) is 16.0.